The highest BCUT2D eigenvalue weighted by Crippen LogP contribution is 2.38. The minimum atomic E-state index is -1.29. The van der Waals surface area contributed by atoms with Gasteiger partial charge in [0.1, 0.15) is 11.4 Å². The molecule has 7 heteroatoms. The lowest BCUT2D eigenvalue weighted by Crippen LogP contribution is -2.29. The Hall–Kier alpha value is -2.41. The quantitative estimate of drug-likeness (QED) is 0.888. The van der Waals surface area contributed by atoms with Crippen LogP contribution >= 0.6 is 0 Å². The molecule has 4 rings (SSSR count). The van der Waals surface area contributed by atoms with E-state index >= 15 is 0 Å². The first-order valence-electron chi connectivity index (χ1n) is 8.49. The molecule has 0 spiro atoms. The molecule has 2 aliphatic rings. The first-order chi connectivity index (χ1) is 11.9. The van der Waals surface area contributed by atoms with Gasteiger partial charge in [0.05, 0.1) is 11.2 Å². The summed E-state index contributed by atoms with van der Waals surface area (Å²) in [6.45, 7) is 3.25. The zero-order valence-electron chi connectivity index (χ0n) is 13.9. The number of hydrogen-bond donors (Lipinski definition) is 2. The first kappa shape index (κ1) is 16.1. The molecule has 1 aliphatic carbocycles. The molecular weight excluding hydrogens is 325 g/mol. The van der Waals surface area contributed by atoms with Gasteiger partial charge < -0.3 is 20.3 Å². The fraction of sp³-hybridized carbons (Fsp3) is 0.444. The number of anilines is 1. The summed E-state index contributed by atoms with van der Waals surface area (Å²) in [6.07, 6.45) is 3.25. The van der Waals surface area contributed by atoms with Crippen LogP contribution < -0.4 is 16.1 Å². The van der Waals surface area contributed by atoms with E-state index in [0.29, 0.717) is 24.3 Å². The highest BCUT2D eigenvalue weighted by atomic mass is 19.1. The lowest BCUT2D eigenvalue weighted by Gasteiger charge is -2.21. The Morgan fingerprint density at radius 1 is 1.32 bits per heavy atom. The van der Waals surface area contributed by atoms with Crippen molar-refractivity contribution in [2.24, 2.45) is 11.7 Å². The molecular formula is C18H20FN3O3. The smallest absolute Gasteiger partial charge is 0.341 e. The predicted octanol–water partition coefficient (Wildman–Crippen LogP) is 1.96. The number of aromatic nitrogens is 1. The average Bonchev–Trinajstić information content (AvgIpc) is 3.33. The molecule has 1 saturated heterocycles. The number of carbonyl (C=O) groups is 1. The van der Waals surface area contributed by atoms with E-state index < -0.39 is 17.2 Å². The minimum absolute atomic E-state index is 0.0184. The molecule has 2 atom stereocenters. The normalized spacial score (nSPS) is 23.4. The van der Waals surface area contributed by atoms with Crippen LogP contribution in [0.5, 0.6) is 0 Å². The molecule has 3 N–H and O–H groups in total. The summed E-state index contributed by atoms with van der Waals surface area (Å²) in [6, 6.07) is 2.99. The minimum Gasteiger partial charge on any atom is -0.477 e. The van der Waals surface area contributed by atoms with E-state index in [9.17, 15) is 19.1 Å². The van der Waals surface area contributed by atoms with E-state index in [1.807, 2.05) is 16.4 Å². The SMILES string of the molecule is C[C@@H]1CN(c2cc3c(cc2F)c(=O)c(C(=O)O)cn3C2CC2)C[C@@H]1N. The van der Waals surface area contributed by atoms with E-state index in [1.54, 1.807) is 6.07 Å². The van der Waals surface area contributed by atoms with Crippen molar-refractivity contribution in [3.05, 3.63) is 39.9 Å². The molecule has 2 heterocycles. The number of hydrogen-bond acceptors (Lipinski definition) is 4. The number of carboxylic acids is 1. The average molecular weight is 345 g/mol. The fourth-order valence-electron chi connectivity index (χ4n) is 3.60. The van der Waals surface area contributed by atoms with Crippen LogP contribution in [0.3, 0.4) is 0 Å². The molecule has 2 fully saturated rings. The Labute approximate surface area is 143 Å². The van der Waals surface area contributed by atoms with Crippen molar-refractivity contribution in [1.82, 2.24) is 4.57 Å². The number of nitrogens with zero attached hydrogens (tertiary/aromatic N) is 2. The van der Waals surface area contributed by atoms with Gasteiger partial charge in [-0.1, -0.05) is 6.92 Å². The third-order valence-electron chi connectivity index (χ3n) is 5.28. The second-order valence-electron chi connectivity index (χ2n) is 7.18. The van der Waals surface area contributed by atoms with Crippen molar-refractivity contribution in [3.63, 3.8) is 0 Å². The molecule has 0 bridgehead atoms. The van der Waals surface area contributed by atoms with Gasteiger partial charge in [-0.15, -0.1) is 0 Å². The number of fused-ring (bicyclic) bond motifs is 1. The van der Waals surface area contributed by atoms with Gasteiger partial charge in [-0.25, -0.2) is 9.18 Å². The van der Waals surface area contributed by atoms with E-state index in [0.717, 1.165) is 12.8 Å². The Balaban J connectivity index is 1.93. The van der Waals surface area contributed by atoms with Crippen LogP contribution in [0.4, 0.5) is 10.1 Å². The van der Waals surface area contributed by atoms with Gasteiger partial charge in [0.2, 0.25) is 5.43 Å². The Morgan fingerprint density at radius 2 is 2.04 bits per heavy atom. The largest absolute Gasteiger partial charge is 0.477 e. The van der Waals surface area contributed by atoms with E-state index in [4.69, 9.17) is 5.73 Å². The summed E-state index contributed by atoms with van der Waals surface area (Å²) < 4.78 is 16.5. The Kier molecular flexibility index (Phi) is 3.57. The molecule has 132 valence electrons. The van der Waals surface area contributed by atoms with Crippen LogP contribution in [-0.2, 0) is 0 Å². The van der Waals surface area contributed by atoms with Crippen LogP contribution in [0.15, 0.2) is 23.1 Å². The van der Waals surface area contributed by atoms with Crippen LogP contribution in [-0.4, -0.2) is 34.8 Å². The zero-order chi connectivity index (χ0) is 17.9. The van der Waals surface area contributed by atoms with Gasteiger partial charge in [0.25, 0.3) is 0 Å². The highest BCUT2D eigenvalue weighted by molar-refractivity contribution is 5.93. The van der Waals surface area contributed by atoms with Gasteiger partial charge in [-0.2, -0.15) is 0 Å². The lowest BCUT2D eigenvalue weighted by atomic mass is 10.1. The lowest BCUT2D eigenvalue weighted by molar-refractivity contribution is 0.0695. The zero-order valence-corrected chi connectivity index (χ0v) is 13.9. The van der Waals surface area contributed by atoms with E-state index in [2.05, 4.69) is 0 Å². The maximum atomic E-state index is 14.7. The molecule has 0 unspecified atom stereocenters. The van der Waals surface area contributed by atoms with Crippen molar-refractivity contribution in [3.8, 4) is 0 Å². The maximum absolute atomic E-state index is 14.7. The molecule has 25 heavy (non-hydrogen) atoms. The number of carboxylic acid groups (broad SMARTS) is 1. The monoisotopic (exact) mass is 345 g/mol. The molecule has 0 radical (unpaired) electrons. The molecule has 2 aromatic rings. The third-order valence-corrected chi connectivity index (χ3v) is 5.28. The van der Waals surface area contributed by atoms with E-state index in [-0.39, 0.29) is 29.0 Å². The second-order valence-corrected chi connectivity index (χ2v) is 7.18. The molecule has 1 aliphatic heterocycles. The van der Waals surface area contributed by atoms with Crippen molar-refractivity contribution in [2.75, 3.05) is 18.0 Å². The number of nitrogens with two attached hydrogens (primary N) is 1. The summed E-state index contributed by atoms with van der Waals surface area (Å²) in [5, 5.41) is 9.39. The van der Waals surface area contributed by atoms with Gasteiger partial charge in [0.15, 0.2) is 0 Å². The van der Waals surface area contributed by atoms with Crippen molar-refractivity contribution >= 4 is 22.6 Å². The second kappa shape index (κ2) is 5.56. The number of halogens is 1. The van der Waals surface area contributed by atoms with Gasteiger partial charge in [0, 0.05) is 36.8 Å². The summed E-state index contributed by atoms with van der Waals surface area (Å²) in [7, 11) is 0. The van der Waals surface area contributed by atoms with Crippen LogP contribution in [0.1, 0.15) is 36.2 Å². The van der Waals surface area contributed by atoms with Crippen LogP contribution in [0.2, 0.25) is 0 Å². The maximum Gasteiger partial charge on any atom is 0.341 e. The Bertz CT molecular complexity index is 925. The predicted molar refractivity (Wildman–Crippen MR) is 92.7 cm³/mol. The third kappa shape index (κ3) is 2.59. The summed E-state index contributed by atoms with van der Waals surface area (Å²) >= 11 is 0. The molecule has 1 aromatic carbocycles. The van der Waals surface area contributed by atoms with Gasteiger partial charge >= 0.3 is 5.97 Å². The molecule has 6 nitrogen and oxygen atoms in total. The number of benzene rings is 1. The molecule has 0 amide bonds. The molecule has 1 saturated carbocycles. The summed E-state index contributed by atoms with van der Waals surface area (Å²) in [4.78, 5) is 25.7. The summed E-state index contributed by atoms with van der Waals surface area (Å²) in [5.74, 6) is -1.55. The van der Waals surface area contributed by atoms with Crippen molar-refractivity contribution in [2.45, 2.75) is 31.8 Å². The number of pyridine rings is 1. The highest BCUT2D eigenvalue weighted by Gasteiger charge is 2.31. The van der Waals surface area contributed by atoms with Crippen molar-refractivity contribution in [1.29, 1.82) is 0 Å². The van der Waals surface area contributed by atoms with E-state index in [1.165, 1.54) is 12.3 Å². The van der Waals surface area contributed by atoms with Gasteiger partial charge in [-0.3, -0.25) is 4.79 Å². The molecule has 1 aromatic heterocycles. The Morgan fingerprint density at radius 3 is 2.60 bits per heavy atom. The topological polar surface area (TPSA) is 88.6 Å². The first-order valence-corrected chi connectivity index (χ1v) is 8.49. The van der Waals surface area contributed by atoms with Crippen LogP contribution in [0.25, 0.3) is 10.9 Å². The van der Waals surface area contributed by atoms with Gasteiger partial charge in [-0.05, 0) is 30.9 Å². The number of aromatic carboxylic acids is 1. The number of rotatable bonds is 3. The summed E-state index contributed by atoms with van der Waals surface area (Å²) in [5.41, 5.74) is 6.10. The fourth-order valence-corrected chi connectivity index (χ4v) is 3.60. The van der Waals surface area contributed by atoms with Crippen molar-refractivity contribution < 1.29 is 14.3 Å². The standard InChI is InChI=1S/C18H20FN3O3/c1-9-6-21(8-14(9)20)16-5-15-11(4-13(16)19)17(23)12(18(24)25)7-22(15)10-2-3-10/h4-5,7,9-10,14H,2-3,6,8,20H2,1H3,(H,24,25)/t9-,14+/m1/s1. The van der Waals surface area contributed by atoms with Crippen LogP contribution in [0, 0.1) is 11.7 Å².